The highest BCUT2D eigenvalue weighted by molar-refractivity contribution is 6.35. The molecule has 20 heavy (non-hydrogen) atoms. The average Bonchev–Trinajstić information content (AvgIpc) is 2.80. The summed E-state index contributed by atoms with van der Waals surface area (Å²) in [6.07, 6.45) is 1.38. The third kappa shape index (κ3) is 3.00. The number of hydrogen-bond acceptors (Lipinski definition) is 3. The van der Waals surface area contributed by atoms with E-state index in [0.717, 1.165) is 6.07 Å². The van der Waals surface area contributed by atoms with Gasteiger partial charge in [-0.05, 0) is 18.2 Å². The quantitative estimate of drug-likeness (QED) is 0.796. The fraction of sp³-hybridized carbons (Fsp3) is 0.231. The molecular formula is C13H11Cl2FN2O2. The largest absolute Gasteiger partial charge is 0.383 e. The second-order valence-electron chi connectivity index (χ2n) is 4.02. The first-order valence-electron chi connectivity index (χ1n) is 5.74. The van der Waals surface area contributed by atoms with Crippen LogP contribution in [0, 0.1) is 5.82 Å². The molecule has 2 aromatic rings. The number of ether oxygens (including phenoxy) is 1. The van der Waals surface area contributed by atoms with Crippen LogP contribution in [0.4, 0.5) is 4.39 Å². The molecule has 1 heterocycles. The second-order valence-corrected chi connectivity index (χ2v) is 4.83. The molecule has 106 valence electrons. The van der Waals surface area contributed by atoms with E-state index in [0.29, 0.717) is 13.2 Å². The monoisotopic (exact) mass is 316 g/mol. The highest BCUT2D eigenvalue weighted by atomic mass is 35.5. The standard InChI is InChI=1S/C13H11Cl2FN2O2/c1-20-5-4-18-12(10(15)7-17-18)13(19)8-2-3-11(16)9(14)6-8/h2-3,6-7H,4-5H2,1H3. The molecule has 0 atom stereocenters. The van der Waals surface area contributed by atoms with Gasteiger partial charge in [-0.3, -0.25) is 9.48 Å². The Kier molecular flexibility index (Phi) is 4.75. The van der Waals surface area contributed by atoms with Gasteiger partial charge >= 0.3 is 0 Å². The second kappa shape index (κ2) is 6.35. The van der Waals surface area contributed by atoms with E-state index in [1.165, 1.54) is 23.0 Å². The summed E-state index contributed by atoms with van der Waals surface area (Å²) < 4.78 is 19.5. The molecule has 1 aromatic carbocycles. The Labute approximate surface area is 125 Å². The molecule has 0 unspecified atom stereocenters. The molecule has 7 heteroatoms. The van der Waals surface area contributed by atoms with Crippen molar-refractivity contribution in [3.05, 3.63) is 51.5 Å². The van der Waals surface area contributed by atoms with Gasteiger partial charge in [0.2, 0.25) is 5.78 Å². The molecule has 0 fully saturated rings. The first-order valence-corrected chi connectivity index (χ1v) is 6.50. The summed E-state index contributed by atoms with van der Waals surface area (Å²) in [7, 11) is 1.55. The SMILES string of the molecule is COCCn1ncc(Cl)c1C(=O)c1ccc(F)c(Cl)c1. The van der Waals surface area contributed by atoms with E-state index in [9.17, 15) is 9.18 Å². The maximum absolute atomic E-state index is 13.1. The van der Waals surface area contributed by atoms with Gasteiger partial charge in [-0.25, -0.2) is 4.39 Å². The molecule has 0 saturated heterocycles. The van der Waals surface area contributed by atoms with E-state index in [1.807, 2.05) is 0 Å². The Morgan fingerprint density at radius 1 is 1.40 bits per heavy atom. The number of methoxy groups -OCH3 is 1. The molecule has 0 aliphatic rings. The van der Waals surface area contributed by atoms with Gasteiger partial charge in [0.15, 0.2) is 0 Å². The van der Waals surface area contributed by atoms with Crippen LogP contribution in [-0.2, 0) is 11.3 Å². The van der Waals surface area contributed by atoms with Crippen molar-refractivity contribution in [1.29, 1.82) is 0 Å². The zero-order chi connectivity index (χ0) is 14.7. The van der Waals surface area contributed by atoms with Gasteiger partial charge in [-0.1, -0.05) is 23.2 Å². The van der Waals surface area contributed by atoms with Crippen LogP contribution >= 0.6 is 23.2 Å². The number of ketones is 1. The highest BCUT2D eigenvalue weighted by Crippen LogP contribution is 2.22. The van der Waals surface area contributed by atoms with Crippen LogP contribution in [0.3, 0.4) is 0 Å². The fourth-order valence-electron chi connectivity index (χ4n) is 1.71. The van der Waals surface area contributed by atoms with Gasteiger partial charge in [0.25, 0.3) is 0 Å². The number of halogens is 3. The van der Waals surface area contributed by atoms with Gasteiger partial charge in [-0.2, -0.15) is 5.10 Å². The lowest BCUT2D eigenvalue weighted by Crippen LogP contribution is -2.14. The number of nitrogens with zero attached hydrogens (tertiary/aromatic N) is 2. The molecule has 0 spiro atoms. The molecule has 0 aliphatic heterocycles. The molecule has 4 nitrogen and oxygen atoms in total. The molecule has 0 aliphatic carbocycles. The number of carbonyl (C=O) groups excluding carboxylic acids is 1. The van der Waals surface area contributed by atoms with Gasteiger partial charge in [0.05, 0.1) is 29.4 Å². The predicted octanol–water partition coefficient (Wildman–Crippen LogP) is 3.21. The van der Waals surface area contributed by atoms with Crippen molar-refractivity contribution >= 4 is 29.0 Å². The summed E-state index contributed by atoms with van der Waals surface area (Å²) in [6.45, 7) is 0.779. The Balaban J connectivity index is 2.37. The van der Waals surface area contributed by atoms with Crippen molar-refractivity contribution in [1.82, 2.24) is 9.78 Å². The van der Waals surface area contributed by atoms with E-state index in [-0.39, 0.29) is 27.1 Å². The molecule has 1 aromatic heterocycles. The first-order chi connectivity index (χ1) is 9.54. The van der Waals surface area contributed by atoms with Gasteiger partial charge < -0.3 is 4.74 Å². The van der Waals surface area contributed by atoms with Crippen molar-refractivity contribution in [2.75, 3.05) is 13.7 Å². The Bertz CT molecular complexity index is 643. The lowest BCUT2D eigenvalue weighted by molar-refractivity contribution is 0.102. The van der Waals surface area contributed by atoms with Gasteiger partial charge in [0.1, 0.15) is 11.5 Å². The predicted molar refractivity (Wildman–Crippen MR) is 74.0 cm³/mol. The molecule has 0 N–H and O–H groups in total. The Morgan fingerprint density at radius 2 is 2.15 bits per heavy atom. The minimum Gasteiger partial charge on any atom is -0.383 e. The summed E-state index contributed by atoms with van der Waals surface area (Å²) in [6, 6.07) is 3.76. The van der Waals surface area contributed by atoms with Crippen LogP contribution < -0.4 is 0 Å². The van der Waals surface area contributed by atoms with E-state index in [1.54, 1.807) is 7.11 Å². The number of aromatic nitrogens is 2. The van der Waals surface area contributed by atoms with Crippen molar-refractivity contribution in [3.63, 3.8) is 0 Å². The third-order valence-corrected chi connectivity index (χ3v) is 3.27. The van der Waals surface area contributed by atoms with Crippen molar-refractivity contribution in [2.24, 2.45) is 0 Å². The molecule has 0 radical (unpaired) electrons. The summed E-state index contributed by atoms with van der Waals surface area (Å²) in [5.74, 6) is -0.951. The molecule has 0 amide bonds. The first kappa shape index (κ1) is 15.0. The summed E-state index contributed by atoms with van der Waals surface area (Å²) >= 11 is 11.7. The van der Waals surface area contributed by atoms with E-state index in [2.05, 4.69) is 5.10 Å². The fourth-order valence-corrected chi connectivity index (χ4v) is 2.12. The van der Waals surface area contributed by atoms with Crippen LogP contribution in [0.5, 0.6) is 0 Å². The molecular weight excluding hydrogens is 306 g/mol. The minimum absolute atomic E-state index is 0.116. The minimum atomic E-state index is -0.581. The van der Waals surface area contributed by atoms with Crippen LogP contribution in [0.1, 0.15) is 16.1 Å². The molecule has 0 saturated carbocycles. The normalized spacial score (nSPS) is 10.8. The maximum atomic E-state index is 13.1. The number of carbonyl (C=O) groups is 1. The van der Waals surface area contributed by atoms with E-state index >= 15 is 0 Å². The summed E-state index contributed by atoms with van der Waals surface area (Å²) in [4.78, 5) is 12.4. The third-order valence-electron chi connectivity index (χ3n) is 2.70. The maximum Gasteiger partial charge on any atom is 0.212 e. The Morgan fingerprint density at radius 3 is 2.80 bits per heavy atom. The van der Waals surface area contributed by atoms with Crippen LogP contribution in [0.25, 0.3) is 0 Å². The van der Waals surface area contributed by atoms with Crippen LogP contribution in [0.15, 0.2) is 24.4 Å². The number of hydrogen-bond donors (Lipinski definition) is 0. The topological polar surface area (TPSA) is 44.1 Å². The van der Waals surface area contributed by atoms with Crippen molar-refractivity contribution in [2.45, 2.75) is 6.54 Å². The number of benzene rings is 1. The summed E-state index contributed by atoms with van der Waals surface area (Å²) in [5.41, 5.74) is 0.476. The van der Waals surface area contributed by atoms with E-state index in [4.69, 9.17) is 27.9 Å². The molecule has 2 rings (SSSR count). The lowest BCUT2D eigenvalue weighted by atomic mass is 10.1. The van der Waals surface area contributed by atoms with Crippen LogP contribution in [-0.4, -0.2) is 29.3 Å². The average molecular weight is 317 g/mol. The molecule has 0 bridgehead atoms. The van der Waals surface area contributed by atoms with E-state index < -0.39 is 5.82 Å². The van der Waals surface area contributed by atoms with Crippen molar-refractivity contribution in [3.8, 4) is 0 Å². The highest BCUT2D eigenvalue weighted by Gasteiger charge is 2.20. The van der Waals surface area contributed by atoms with Crippen LogP contribution in [0.2, 0.25) is 10.0 Å². The van der Waals surface area contributed by atoms with Gasteiger partial charge in [0, 0.05) is 12.7 Å². The number of rotatable bonds is 5. The van der Waals surface area contributed by atoms with Gasteiger partial charge in [-0.15, -0.1) is 0 Å². The Hall–Kier alpha value is -1.43. The zero-order valence-electron chi connectivity index (χ0n) is 10.6. The van der Waals surface area contributed by atoms with Crippen molar-refractivity contribution < 1.29 is 13.9 Å². The lowest BCUT2D eigenvalue weighted by Gasteiger charge is -2.07. The zero-order valence-corrected chi connectivity index (χ0v) is 12.1. The summed E-state index contributed by atoms with van der Waals surface area (Å²) in [5, 5.41) is 4.13. The smallest absolute Gasteiger partial charge is 0.212 e.